The Morgan fingerprint density at radius 1 is 1.41 bits per heavy atom. The van der Waals surface area contributed by atoms with E-state index >= 15 is 0 Å². The van der Waals surface area contributed by atoms with E-state index in [2.05, 4.69) is 15.9 Å². The summed E-state index contributed by atoms with van der Waals surface area (Å²) in [6.45, 7) is 2.26. The van der Waals surface area contributed by atoms with E-state index in [1.807, 2.05) is 29.2 Å². The molecule has 0 bridgehead atoms. The Labute approximate surface area is 109 Å². The Balaban J connectivity index is 2.15. The maximum atomic E-state index is 12.1. The maximum absolute atomic E-state index is 12.1. The molecular formula is C12H15BrN2O2. The number of carbonyl (C=O) groups is 1. The van der Waals surface area contributed by atoms with Crippen LogP contribution in [0.25, 0.3) is 0 Å². The smallest absolute Gasteiger partial charge is 0.324 e. The van der Waals surface area contributed by atoms with Gasteiger partial charge in [-0.15, -0.1) is 0 Å². The number of rotatable bonds is 4. The standard InChI is InChI=1S/C12H15BrN2O2/c1-17-11-4-2-3-10(9-11)15-8-7-14(6-5-13)12(15)16/h2-4,9H,5-8H2,1H3. The van der Waals surface area contributed by atoms with Gasteiger partial charge in [0.05, 0.1) is 7.11 Å². The summed E-state index contributed by atoms with van der Waals surface area (Å²) in [5, 5.41) is 0.810. The van der Waals surface area contributed by atoms with Crippen molar-refractivity contribution < 1.29 is 9.53 Å². The highest BCUT2D eigenvalue weighted by atomic mass is 79.9. The molecule has 1 aliphatic rings. The first-order valence-corrected chi connectivity index (χ1v) is 6.65. The molecule has 0 spiro atoms. The van der Waals surface area contributed by atoms with E-state index < -0.39 is 0 Å². The highest BCUT2D eigenvalue weighted by Gasteiger charge is 2.28. The summed E-state index contributed by atoms with van der Waals surface area (Å²) in [5.41, 5.74) is 0.895. The Bertz CT molecular complexity index is 411. The Morgan fingerprint density at radius 2 is 2.24 bits per heavy atom. The molecule has 0 radical (unpaired) electrons. The quantitative estimate of drug-likeness (QED) is 0.799. The Morgan fingerprint density at radius 3 is 2.94 bits per heavy atom. The van der Waals surface area contributed by atoms with Gasteiger partial charge in [-0.1, -0.05) is 22.0 Å². The molecule has 1 saturated heterocycles. The van der Waals surface area contributed by atoms with Crippen LogP contribution < -0.4 is 9.64 Å². The number of methoxy groups -OCH3 is 1. The van der Waals surface area contributed by atoms with Crippen LogP contribution in [-0.4, -0.2) is 43.0 Å². The number of ether oxygens (including phenoxy) is 1. The second-order valence-corrected chi connectivity index (χ2v) is 4.60. The van der Waals surface area contributed by atoms with E-state index in [9.17, 15) is 4.79 Å². The summed E-state index contributed by atoms with van der Waals surface area (Å²) in [6, 6.07) is 7.65. The second-order valence-electron chi connectivity index (χ2n) is 3.81. The maximum Gasteiger partial charge on any atom is 0.324 e. The minimum Gasteiger partial charge on any atom is -0.497 e. The molecule has 0 atom stereocenters. The van der Waals surface area contributed by atoms with Crippen LogP contribution in [0, 0.1) is 0 Å². The molecule has 2 rings (SSSR count). The number of carbonyl (C=O) groups excluding carboxylic acids is 1. The van der Waals surface area contributed by atoms with Crippen molar-refractivity contribution in [1.29, 1.82) is 0 Å². The Hall–Kier alpha value is -1.23. The van der Waals surface area contributed by atoms with Crippen LogP contribution in [-0.2, 0) is 0 Å². The minimum absolute atomic E-state index is 0.0673. The number of anilines is 1. The zero-order valence-electron chi connectivity index (χ0n) is 9.73. The molecule has 2 amide bonds. The van der Waals surface area contributed by atoms with Crippen molar-refractivity contribution in [2.24, 2.45) is 0 Å². The number of benzene rings is 1. The van der Waals surface area contributed by atoms with Gasteiger partial charge in [-0.25, -0.2) is 4.79 Å². The number of alkyl halides is 1. The molecule has 0 saturated carbocycles. The average Bonchev–Trinajstić information content (AvgIpc) is 2.72. The molecule has 0 N–H and O–H groups in total. The SMILES string of the molecule is COc1cccc(N2CCN(CCBr)C2=O)c1. The summed E-state index contributed by atoms with van der Waals surface area (Å²) in [4.78, 5) is 15.7. The second kappa shape index (κ2) is 5.40. The summed E-state index contributed by atoms with van der Waals surface area (Å²) >= 11 is 3.35. The van der Waals surface area contributed by atoms with Crippen LogP contribution in [0.3, 0.4) is 0 Å². The summed E-state index contributed by atoms with van der Waals surface area (Å²) in [5.74, 6) is 0.772. The van der Waals surface area contributed by atoms with Gasteiger partial charge in [-0.2, -0.15) is 0 Å². The molecule has 1 aromatic rings. The fraction of sp³-hybridized carbons (Fsp3) is 0.417. The third-order valence-electron chi connectivity index (χ3n) is 2.81. The van der Waals surface area contributed by atoms with E-state index in [0.29, 0.717) is 0 Å². The van der Waals surface area contributed by atoms with Gasteiger partial charge in [0.1, 0.15) is 5.75 Å². The number of hydrogen-bond acceptors (Lipinski definition) is 2. The monoisotopic (exact) mass is 298 g/mol. The Kier molecular flexibility index (Phi) is 3.89. The normalized spacial score (nSPS) is 15.5. The number of halogens is 1. The summed E-state index contributed by atoms with van der Waals surface area (Å²) in [6.07, 6.45) is 0. The van der Waals surface area contributed by atoms with Crippen LogP contribution in [0.1, 0.15) is 0 Å². The first-order chi connectivity index (χ1) is 8.26. The third-order valence-corrected chi connectivity index (χ3v) is 3.17. The lowest BCUT2D eigenvalue weighted by Gasteiger charge is -2.18. The number of nitrogens with zero attached hydrogens (tertiary/aromatic N) is 2. The highest BCUT2D eigenvalue weighted by molar-refractivity contribution is 9.09. The third kappa shape index (κ3) is 2.54. The van der Waals surface area contributed by atoms with Crippen LogP contribution in [0.4, 0.5) is 10.5 Å². The average molecular weight is 299 g/mol. The van der Waals surface area contributed by atoms with Crippen LogP contribution in [0.2, 0.25) is 0 Å². The van der Waals surface area contributed by atoms with Crippen molar-refractivity contribution in [3.05, 3.63) is 24.3 Å². The molecule has 1 heterocycles. The van der Waals surface area contributed by atoms with E-state index in [-0.39, 0.29) is 6.03 Å². The van der Waals surface area contributed by atoms with E-state index in [1.165, 1.54) is 0 Å². The first kappa shape index (κ1) is 12.2. The van der Waals surface area contributed by atoms with Crippen molar-refractivity contribution >= 4 is 27.6 Å². The predicted molar refractivity (Wildman–Crippen MR) is 71.1 cm³/mol. The van der Waals surface area contributed by atoms with Gasteiger partial charge < -0.3 is 9.64 Å². The van der Waals surface area contributed by atoms with Gasteiger partial charge in [0.2, 0.25) is 0 Å². The van der Waals surface area contributed by atoms with Crippen LogP contribution in [0.5, 0.6) is 5.75 Å². The van der Waals surface area contributed by atoms with E-state index in [1.54, 1.807) is 12.0 Å². The molecule has 5 heteroatoms. The number of amides is 2. The van der Waals surface area contributed by atoms with Gasteiger partial charge in [0.25, 0.3) is 0 Å². The topological polar surface area (TPSA) is 32.8 Å². The lowest BCUT2D eigenvalue weighted by Crippen LogP contribution is -2.32. The lowest BCUT2D eigenvalue weighted by molar-refractivity contribution is 0.223. The largest absolute Gasteiger partial charge is 0.497 e. The van der Waals surface area contributed by atoms with Gasteiger partial charge in [-0.05, 0) is 12.1 Å². The molecule has 0 aliphatic carbocycles. The molecule has 1 aliphatic heterocycles. The highest BCUT2D eigenvalue weighted by Crippen LogP contribution is 2.24. The van der Waals surface area contributed by atoms with Crippen molar-refractivity contribution in [3.63, 3.8) is 0 Å². The van der Waals surface area contributed by atoms with Crippen molar-refractivity contribution in [1.82, 2.24) is 4.90 Å². The van der Waals surface area contributed by atoms with Crippen molar-refractivity contribution in [3.8, 4) is 5.75 Å². The van der Waals surface area contributed by atoms with Crippen molar-refractivity contribution in [2.75, 3.05) is 37.0 Å². The first-order valence-electron chi connectivity index (χ1n) is 5.52. The molecule has 1 aromatic carbocycles. The van der Waals surface area contributed by atoms with Crippen molar-refractivity contribution in [2.45, 2.75) is 0 Å². The van der Waals surface area contributed by atoms with E-state index in [4.69, 9.17) is 4.74 Å². The number of urea groups is 1. The minimum atomic E-state index is 0.0673. The van der Waals surface area contributed by atoms with E-state index in [0.717, 1.165) is 36.4 Å². The zero-order valence-corrected chi connectivity index (χ0v) is 11.3. The van der Waals surface area contributed by atoms with Crippen LogP contribution >= 0.6 is 15.9 Å². The summed E-state index contributed by atoms with van der Waals surface area (Å²) in [7, 11) is 1.63. The molecule has 0 aromatic heterocycles. The van der Waals surface area contributed by atoms with Gasteiger partial charge in [0, 0.05) is 36.7 Å². The van der Waals surface area contributed by atoms with Gasteiger partial charge in [0.15, 0.2) is 0 Å². The van der Waals surface area contributed by atoms with Gasteiger partial charge >= 0.3 is 6.03 Å². The van der Waals surface area contributed by atoms with Crippen LogP contribution in [0.15, 0.2) is 24.3 Å². The fourth-order valence-electron chi connectivity index (χ4n) is 1.91. The molecule has 1 fully saturated rings. The summed E-state index contributed by atoms with van der Waals surface area (Å²) < 4.78 is 5.16. The zero-order chi connectivity index (χ0) is 12.3. The fourth-order valence-corrected chi connectivity index (χ4v) is 2.34. The molecule has 92 valence electrons. The molecule has 17 heavy (non-hydrogen) atoms. The number of hydrogen-bond donors (Lipinski definition) is 0. The lowest BCUT2D eigenvalue weighted by atomic mass is 10.3. The molecule has 4 nitrogen and oxygen atoms in total. The predicted octanol–water partition coefficient (Wildman–Crippen LogP) is 2.33. The van der Waals surface area contributed by atoms with Gasteiger partial charge in [-0.3, -0.25) is 4.90 Å². The molecule has 0 unspecified atom stereocenters. The molecular weight excluding hydrogens is 284 g/mol.